The number of anilines is 2. The molecule has 30 heavy (non-hydrogen) atoms. The molecule has 0 aliphatic carbocycles. The Kier molecular flexibility index (Phi) is 5.65. The fourth-order valence-corrected chi connectivity index (χ4v) is 3.78. The molecule has 0 saturated carbocycles. The van der Waals surface area contributed by atoms with Gasteiger partial charge in [-0.1, -0.05) is 42.0 Å². The van der Waals surface area contributed by atoms with Gasteiger partial charge >= 0.3 is 6.03 Å². The molecule has 1 aliphatic heterocycles. The van der Waals surface area contributed by atoms with Gasteiger partial charge < -0.3 is 15.1 Å². The molecule has 1 saturated heterocycles. The van der Waals surface area contributed by atoms with Gasteiger partial charge in [-0.15, -0.1) is 10.2 Å². The van der Waals surface area contributed by atoms with E-state index in [2.05, 4.69) is 45.5 Å². The van der Waals surface area contributed by atoms with E-state index in [4.69, 9.17) is 0 Å². The van der Waals surface area contributed by atoms with Gasteiger partial charge in [0, 0.05) is 37.4 Å². The van der Waals surface area contributed by atoms with E-state index in [9.17, 15) is 4.79 Å². The third kappa shape index (κ3) is 4.27. The number of rotatable bonds is 3. The third-order valence-electron chi connectivity index (χ3n) is 5.59. The Balaban J connectivity index is 1.36. The Labute approximate surface area is 177 Å². The summed E-state index contributed by atoms with van der Waals surface area (Å²) in [4.78, 5) is 16.7. The van der Waals surface area contributed by atoms with E-state index in [1.807, 2.05) is 55.1 Å². The van der Waals surface area contributed by atoms with Crippen molar-refractivity contribution in [3.63, 3.8) is 0 Å². The lowest BCUT2D eigenvalue weighted by Gasteiger charge is -2.35. The summed E-state index contributed by atoms with van der Waals surface area (Å²) in [5.74, 6) is 0.849. The summed E-state index contributed by atoms with van der Waals surface area (Å²) in [6.45, 7) is 8.91. The van der Waals surface area contributed by atoms with Crippen molar-refractivity contribution >= 4 is 17.5 Å². The smallest absolute Gasteiger partial charge is 0.321 e. The van der Waals surface area contributed by atoms with Gasteiger partial charge in [0.25, 0.3) is 0 Å². The second-order valence-electron chi connectivity index (χ2n) is 7.81. The number of hydrogen-bond donors (Lipinski definition) is 1. The molecule has 2 amide bonds. The topological polar surface area (TPSA) is 61.4 Å². The summed E-state index contributed by atoms with van der Waals surface area (Å²) in [5.41, 5.74) is 6.29. The minimum absolute atomic E-state index is 0.0532. The number of aromatic nitrogens is 2. The number of aryl methyl sites for hydroxylation is 3. The van der Waals surface area contributed by atoms with Crippen LogP contribution in [0.5, 0.6) is 0 Å². The zero-order valence-corrected chi connectivity index (χ0v) is 17.7. The highest BCUT2D eigenvalue weighted by Gasteiger charge is 2.22. The second-order valence-corrected chi connectivity index (χ2v) is 7.81. The first kappa shape index (κ1) is 19.9. The molecule has 154 valence electrons. The predicted molar refractivity (Wildman–Crippen MR) is 121 cm³/mol. The molecule has 1 aromatic heterocycles. The normalized spacial score (nSPS) is 14.0. The molecular weight excluding hydrogens is 374 g/mol. The van der Waals surface area contributed by atoms with Crippen molar-refractivity contribution in [1.82, 2.24) is 15.1 Å². The molecule has 0 bridgehead atoms. The van der Waals surface area contributed by atoms with E-state index in [0.29, 0.717) is 13.1 Å². The maximum absolute atomic E-state index is 12.6. The molecule has 2 heterocycles. The van der Waals surface area contributed by atoms with E-state index in [1.165, 1.54) is 11.1 Å². The van der Waals surface area contributed by atoms with Crippen LogP contribution < -0.4 is 10.2 Å². The summed E-state index contributed by atoms with van der Waals surface area (Å²) < 4.78 is 0. The van der Waals surface area contributed by atoms with E-state index in [-0.39, 0.29) is 6.03 Å². The van der Waals surface area contributed by atoms with Crippen LogP contribution in [0.4, 0.5) is 16.3 Å². The van der Waals surface area contributed by atoms with Crippen molar-refractivity contribution in [2.75, 3.05) is 36.4 Å². The average molecular weight is 402 g/mol. The molecule has 0 unspecified atom stereocenters. The number of hydrogen-bond acceptors (Lipinski definition) is 4. The van der Waals surface area contributed by atoms with E-state index >= 15 is 0 Å². The summed E-state index contributed by atoms with van der Waals surface area (Å²) in [5, 5.41) is 11.9. The first-order chi connectivity index (χ1) is 14.5. The monoisotopic (exact) mass is 401 g/mol. The number of nitrogens with zero attached hydrogens (tertiary/aromatic N) is 4. The predicted octanol–water partition coefficient (Wildman–Crippen LogP) is 4.42. The summed E-state index contributed by atoms with van der Waals surface area (Å²) in [6.07, 6.45) is 0. The first-order valence-corrected chi connectivity index (χ1v) is 10.3. The molecule has 0 radical (unpaired) electrons. The molecule has 1 N–H and O–H groups in total. The maximum atomic E-state index is 12.6. The lowest BCUT2D eigenvalue weighted by atomic mass is 10.1. The van der Waals surface area contributed by atoms with Gasteiger partial charge in [0.05, 0.1) is 5.69 Å². The van der Waals surface area contributed by atoms with Crippen LogP contribution in [0.25, 0.3) is 11.3 Å². The average Bonchev–Trinajstić information content (AvgIpc) is 2.76. The van der Waals surface area contributed by atoms with Crippen molar-refractivity contribution in [3.8, 4) is 11.3 Å². The Morgan fingerprint density at radius 2 is 1.63 bits per heavy atom. The molecule has 1 aliphatic rings. The summed E-state index contributed by atoms with van der Waals surface area (Å²) in [6, 6.07) is 18.2. The Morgan fingerprint density at radius 1 is 0.867 bits per heavy atom. The number of piperazine rings is 1. The van der Waals surface area contributed by atoms with Crippen LogP contribution in [0.1, 0.15) is 16.7 Å². The molecule has 0 atom stereocenters. The van der Waals surface area contributed by atoms with Crippen LogP contribution in [0, 0.1) is 20.8 Å². The molecule has 4 rings (SSSR count). The van der Waals surface area contributed by atoms with Gasteiger partial charge in [-0.25, -0.2) is 4.79 Å². The van der Waals surface area contributed by atoms with Gasteiger partial charge in [0.2, 0.25) is 0 Å². The van der Waals surface area contributed by atoms with Crippen LogP contribution in [0.2, 0.25) is 0 Å². The van der Waals surface area contributed by atoms with Crippen LogP contribution in [-0.2, 0) is 0 Å². The van der Waals surface area contributed by atoms with Crippen molar-refractivity contribution in [1.29, 1.82) is 0 Å². The van der Waals surface area contributed by atoms with Gasteiger partial charge in [0.1, 0.15) is 0 Å². The molecule has 6 heteroatoms. The second kappa shape index (κ2) is 8.53. The largest absolute Gasteiger partial charge is 0.352 e. The number of benzene rings is 2. The number of nitrogens with one attached hydrogen (secondary N) is 1. The lowest BCUT2D eigenvalue weighted by Crippen LogP contribution is -2.50. The molecule has 3 aromatic rings. The molecule has 2 aromatic carbocycles. The highest BCUT2D eigenvalue weighted by atomic mass is 16.2. The van der Waals surface area contributed by atoms with Gasteiger partial charge in [0.15, 0.2) is 5.82 Å². The number of carbonyl (C=O) groups excluding carboxylic acids is 1. The molecule has 1 fully saturated rings. The van der Waals surface area contributed by atoms with Crippen molar-refractivity contribution < 1.29 is 4.79 Å². The van der Waals surface area contributed by atoms with E-state index in [0.717, 1.165) is 41.4 Å². The first-order valence-electron chi connectivity index (χ1n) is 10.3. The Hall–Kier alpha value is -3.41. The van der Waals surface area contributed by atoms with Gasteiger partial charge in [-0.05, 0) is 50.1 Å². The zero-order chi connectivity index (χ0) is 21.1. The highest BCUT2D eigenvalue weighted by molar-refractivity contribution is 5.90. The fraction of sp³-hybridized carbons (Fsp3) is 0.292. The van der Waals surface area contributed by atoms with Crippen LogP contribution in [-0.4, -0.2) is 47.3 Å². The van der Waals surface area contributed by atoms with Crippen LogP contribution in [0.15, 0.2) is 54.6 Å². The van der Waals surface area contributed by atoms with Crippen molar-refractivity contribution in [2.24, 2.45) is 0 Å². The maximum Gasteiger partial charge on any atom is 0.321 e. The highest BCUT2D eigenvalue weighted by Crippen LogP contribution is 2.22. The Bertz CT molecular complexity index is 1040. The third-order valence-corrected chi connectivity index (χ3v) is 5.59. The number of amides is 2. The summed E-state index contributed by atoms with van der Waals surface area (Å²) in [7, 11) is 0. The SMILES string of the molecule is Cc1ccc(NC(=O)N2CCN(c3ccc(-c4ccccc4C)nn3)CC2)c(C)c1. The minimum Gasteiger partial charge on any atom is -0.352 e. The number of carbonyl (C=O) groups is 1. The van der Waals surface area contributed by atoms with Gasteiger partial charge in [-0.2, -0.15) is 0 Å². The van der Waals surface area contributed by atoms with Crippen molar-refractivity contribution in [2.45, 2.75) is 20.8 Å². The molecular formula is C24H27N5O. The molecule has 6 nitrogen and oxygen atoms in total. The number of urea groups is 1. The standard InChI is InChI=1S/C24H27N5O/c1-17-8-9-21(19(3)16-17)25-24(30)29-14-12-28(13-15-29)23-11-10-22(26-27-23)20-7-5-4-6-18(20)2/h4-11,16H,12-15H2,1-3H3,(H,25,30). The van der Waals surface area contributed by atoms with Crippen molar-refractivity contribution in [3.05, 3.63) is 71.3 Å². The Morgan fingerprint density at radius 3 is 2.30 bits per heavy atom. The lowest BCUT2D eigenvalue weighted by molar-refractivity contribution is 0.208. The zero-order valence-electron chi connectivity index (χ0n) is 17.7. The van der Waals surface area contributed by atoms with E-state index in [1.54, 1.807) is 0 Å². The van der Waals surface area contributed by atoms with E-state index < -0.39 is 0 Å². The van der Waals surface area contributed by atoms with Gasteiger partial charge in [-0.3, -0.25) is 0 Å². The fourth-order valence-electron chi connectivity index (χ4n) is 3.78. The molecule has 0 spiro atoms. The summed E-state index contributed by atoms with van der Waals surface area (Å²) >= 11 is 0. The van der Waals surface area contributed by atoms with Crippen LogP contribution >= 0.6 is 0 Å². The quantitative estimate of drug-likeness (QED) is 0.706. The minimum atomic E-state index is -0.0532. The van der Waals surface area contributed by atoms with Crippen LogP contribution in [0.3, 0.4) is 0 Å².